The van der Waals surface area contributed by atoms with Gasteiger partial charge in [0.05, 0.1) is 5.41 Å². The SMILES string of the molecule is Cc1ccc(N(C)C(=O)N2CCC(CC(=O)N(c3ccccc3)c3ccccc3)(C(=O)O)CC2)cc1. The largest absolute Gasteiger partial charge is 0.481 e. The maximum absolute atomic E-state index is 13.6. The van der Waals surface area contributed by atoms with E-state index in [9.17, 15) is 19.5 Å². The lowest BCUT2D eigenvalue weighted by Gasteiger charge is -2.40. The van der Waals surface area contributed by atoms with E-state index in [-0.39, 0.29) is 44.3 Å². The van der Waals surface area contributed by atoms with E-state index in [2.05, 4.69) is 0 Å². The van der Waals surface area contributed by atoms with Gasteiger partial charge in [0.25, 0.3) is 0 Å². The number of aliphatic carboxylic acids is 1. The molecule has 1 saturated heterocycles. The van der Waals surface area contributed by atoms with Crippen LogP contribution in [0, 0.1) is 12.3 Å². The van der Waals surface area contributed by atoms with Crippen LogP contribution in [0.3, 0.4) is 0 Å². The number of urea groups is 1. The highest BCUT2D eigenvalue weighted by atomic mass is 16.4. The van der Waals surface area contributed by atoms with Gasteiger partial charge in [0, 0.05) is 43.6 Å². The molecule has 186 valence electrons. The van der Waals surface area contributed by atoms with Crippen LogP contribution in [-0.2, 0) is 9.59 Å². The molecule has 0 spiro atoms. The third-order valence-corrected chi connectivity index (χ3v) is 6.92. The fraction of sp³-hybridized carbons (Fsp3) is 0.276. The number of rotatable bonds is 6. The summed E-state index contributed by atoms with van der Waals surface area (Å²) in [6.07, 6.45) is 0.264. The van der Waals surface area contributed by atoms with Gasteiger partial charge in [-0.15, -0.1) is 0 Å². The highest BCUT2D eigenvalue weighted by Crippen LogP contribution is 2.38. The Morgan fingerprint density at radius 2 is 1.31 bits per heavy atom. The Hall–Kier alpha value is -4.13. The molecule has 0 aromatic heterocycles. The van der Waals surface area contributed by atoms with Crippen molar-refractivity contribution in [2.75, 3.05) is 29.9 Å². The molecule has 4 rings (SSSR count). The summed E-state index contributed by atoms with van der Waals surface area (Å²) in [7, 11) is 1.72. The Morgan fingerprint density at radius 1 is 0.806 bits per heavy atom. The van der Waals surface area contributed by atoms with Crippen molar-refractivity contribution < 1.29 is 19.5 Å². The van der Waals surface area contributed by atoms with Gasteiger partial charge in [0.2, 0.25) is 5.91 Å². The van der Waals surface area contributed by atoms with Crippen molar-refractivity contribution in [1.82, 2.24) is 4.90 Å². The van der Waals surface area contributed by atoms with Crippen LogP contribution in [0.5, 0.6) is 0 Å². The molecule has 3 amide bonds. The molecule has 36 heavy (non-hydrogen) atoms. The molecular formula is C29H31N3O4. The first-order valence-electron chi connectivity index (χ1n) is 12.1. The molecule has 0 bridgehead atoms. The van der Waals surface area contributed by atoms with Crippen LogP contribution in [0.2, 0.25) is 0 Å². The molecule has 1 aliphatic heterocycles. The van der Waals surface area contributed by atoms with Crippen LogP contribution in [0.15, 0.2) is 84.9 Å². The molecule has 1 heterocycles. The number of aryl methyl sites for hydroxylation is 1. The third-order valence-electron chi connectivity index (χ3n) is 6.92. The number of hydrogen-bond acceptors (Lipinski definition) is 3. The van der Waals surface area contributed by atoms with Gasteiger partial charge in [-0.3, -0.25) is 19.4 Å². The molecular weight excluding hydrogens is 454 g/mol. The molecule has 7 nitrogen and oxygen atoms in total. The van der Waals surface area contributed by atoms with E-state index >= 15 is 0 Å². The topological polar surface area (TPSA) is 81.2 Å². The molecule has 3 aromatic carbocycles. The van der Waals surface area contributed by atoms with Crippen molar-refractivity contribution in [2.45, 2.75) is 26.2 Å². The van der Waals surface area contributed by atoms with Gasteiger partial charge in [-0.05, 0) is 56.2 Å². The highest BCUT2D eigenvalue weighted by Gasteiger charge is 2.45. The van der Waals surface area contributed by atoms with E-state index in [4.69, 9.17) is 0 Å². The van der Waals surface area contributed by atoms with Crippen LogP contribution in [0.4, 0.5) is 21.9 Å². The minimum atomic E-state index is -1.24. The summed E-state index contributed by atoms with van der Waals surface area (Å²) in [6, 6.07) is 26.0. The van der Waals surface area contributed by atoms with Crippen molar-refractivity contribution in [3.05, 3.63) is 90.5 Å². The zero-order valence-electron chi connectivity index (χ0n) is 20.6. The Labute approximate surface area is 211 Å². The fourth-order valence-corrected chi connectivity index (χ4v) is 4.64. The van der Waals surface area contributed by atoms with E-state index in [1.807, 2.05) is 91.9 Å². The molecule has 0 radical (unpaired) electrons. The zero-order chi connectivity index (χ0) is 25.7. The summed E-state index contributed by atoms with van der Waals surface area (Å²) in [4.78, 5) is 44.0. The first-order valence-corrected chi connectivity index (χ1v) is 12.1. The van der Waals surface area contributed by atoms with Gasteiger partial charge in [0.15, 0.2) is 0 Å². The van der Waals surface area contributed by atoms with E-state index < -0.39 is 11.4 Å². The van der Waals surface area contributed by atoms with Gasteiger partial charge < -0.3 is 10.0 Å². The maximum atomic E-state index is 13.6. The van der Waals surface area contributed by atoms with Crippen LogP contribution >= 0.6 is 0 Å². The quantitative estimate of drug-likeness (QED) is 0.502. The molecule has 1 aliphatic rings. The first-order chi connectivity index (χ1) is 17.3. The number of likely N-dealkylation sites (tertiary alicyclic amines) is 1. The number of amides is 3. The second-order valence-electron chi connectivity index (χ2n) is 9.33. The molecule has 0 saturated carbocycles. The van der Waals surface area contributed by atoms with Crippen molar-refractivity contribution >= 4 is 35.0 Å². The minimum Gasteiger partial charge on any atom is -0.481 e. The number of piperidine rings is 1. The van der Waals surface area contributed by atoms with Crippen LogP contribution in [0.1, 0.15) is 24.8 Å². The van der Waals surface area contributed by atoms with Crippen LogP contribution in [-0.4, -0.2) is 48.1 Å². The number of nitrogens with zero attached hydrogens (tertiary/aromatic N) is 3. The second-order valence-corrected chi connectivity index (χ2v) is 9.33. The Bertz CT molecular complexity index is 1160. The van der Waals surface area contributed by atoms with Gasteiger partial charge in [0.1, 0.15) is 0 Å². The number of carboxylic acids is 1. The third kappa shape index (κ3) is 5.25. The maximum Gasteiger partial charge on any atom is 0.324 e. The number of carboxylic acid groups (broad SMARTS) is 1. The summed E-state index contributed by atoms with van der Waals surface area (Å²) < 4.78 is 0. The fourth-order valence-electron chi connectivity index (χ4n) is 4.64. The molecule has 1 N–H and O–H groups in total. The molecule has 7 heteroatoms. The zero-order valence-corrected chi connectivity index (χ0v) is 20.6. The molecule has 1 fully saturated rings. The van der Waals surface area contributed by atoms with Crippen molar-refractivity contribution in [2.24, 2.45) is 5.41 Å². The molecule has 0 aliphatic carbocycles. The van der Waals surface area contributed by atoms with Gasteiger partial charge in [-0.1, -0.05) is 54.1 Å². The number of benzene rings is 3. The highest BCUT2D eigenvalue weighted by molar-refractivity contribution is 6.02. The van der Waals surface area contributed by atoms with Crippen molar-refractivity contribution in [1.29, 1.82) is 0 Å². The monoisotopic (exact) mass is 485 g/mol. The average Bonchev–Trinajstić information content (AvgIpc) is 2.90. The molecule has 3 aromatic rings. The Morgan fingerprint density at radius 3 is 1.78 bits per heavy atom. The Kier molecular flexibility index (Phi) is 7.38. The van der Waals surface area contributed by atoms with E-state index in [1.165, 1.54) is 0 Å². The Balaban J connectivity index is 1.50. The molecule has 0 atom stereocenters. The van der Waals surface area contributed by atoms with Crippen molar-refractivity contribution in [3.8, 4) is 0 Å². The normalized spacial score (nSPS) is 14.7. The lowest BCUT2D eigenvalue weighted by molar-refractivity contribution is -0.154. The lowest BCUT2D eigenvalue weighted by Crippen LogP contribution is -2.51. The van der Waals surface area contributed by atoms with E-state index in [0.717, 1.165) is 11.3 Å². The number of para-hydroxylation sites is 2. The summed E-state index contributed by atoms with van der Waals surface area (Å²) >= 11 is 0. The smallest absolute Gasteiger partial charge is 0.324 e. The number of carbonyl (C=O) groups excluding carboxylic acids is 2. The average molecular weight is 486 g/mol. The predicted molar refractivity (Wildman–Crippen MR) is 141 cm³/mol. The summed E-state index contributed by atoms with van der Waals surface area (Å²) in [5.74, 6) is -1.29. The predicted octanol–water partition coefficient (Wildman–Crippen LogP) is 5.47. The van der Waals surface area contributed by atoms with E-state index in [1.54, 1.807) is 21.7 Å². The number of hydrogen-bond donors (Lipinski definition) is 1. The summed E-state index contributed by atoms with van der Waals surface area (Å²) in [5, 5.41) is 10.2. The minimum absolute atomic E-state index is 0.151. The summed E-state index contributed by atoms with van der Waals surface area (Å²) in [6.45, 7) is 2.52. The van der Waals surface area contributed by atoms with Crippen LogP contribution < -0.4 is 9.80 Å². The first kappa shape index (κ1) is 25.0. The van der Waals surface area contributed by atoms with Gasteiger partial charge in [-0.2, -0.15) is 0 Å². The van der Waals surface area contributed by atoms with Crippen molar-refractivity contribution in [3.63, 3.8) is 0 Å². The second kappa shape index (κ2) is 10.6. The van der Waals surface area contributed by atoms with Gasteiger partial charge in [-0.25, -0.2) is 4.79 Å². The standard InChI is InChI=1S/C29H31N3O4/c1-22-13-15-23(16-14-22)30(2)28(36)31-19-17-29(18-20-31,27(34)35)21-26(33)32(24-9-5-3-6-10-24)25-11-7-4-8-12-25/h3-16H,17-21H2,1-2H3,(H,34,35). The lowest BCUT2D eigenvalue weighted by atomic mass is 9.75. The summed E-state index contributed by atoms with van der Waals surface area (Å²) in [5.41, 5.74) is 2.01. The van der Waals surface area contributed by atoms with Crippen LogP contribution in [0.25, 0.3) is 0 Å². The number of carbonyl (C=O) groups is 3. The number of anilines is 3. The molecule has 0 unspecified atom stereocenters. The van der Waals surface area contributed by atoms with E-state index in [0.29, 0.717) is 11.4 Å². The van der Waals surface area contributed by atoms with Gasteiger partial charge >= 0.3 is 12.0 Å².